The van der Waals surface area contributed by atoms with Crippen LogP contribution >= 0.6 is 11.6 Å². The second-order valence-electron chi connectivity index (χ2n) is 2.45. The molecule has 0 aliphatic heterocycles. The van der Waals surface area contributed by atoms with E-state index in [1.807, 2.05) is 0 Å². The van der Waals surface area contributed by atoms with Crippen LogP contribution in [0.5, 0.6) is 5.75 Å². The monoisotopic (exact) mass is 187 g/mol. The molecular weight excluding hydrogens is 178 g/mol. The molecule has 0 amide bonds. The Bertz CT molecular complexity index is 278. The molecule has 3 nitrogen and oxygen atoms in total. The summed E-state index contributed by atoms with van der Waals surface area (Å²) >= 11 is 5.65. The van der Waals surface area contributed by atoms with Crippen molar-refractivity contribution in [2.75, 3.05) is 6.54 Å². The van der Waals surface area contributed by atoms with E-state index in [-0.39, 0.29) is 12.3 Å². The molecule has 1 atom stereocenters. The molecule has 1 rings (SSSR count). The molecule has 4 N–H and O–H groups in total. The van der Waals surface area contributed by atoms with Crippen LogP contribution in [0.25, 0.3) is 0 Å². The van der Waals surface area contributed by atoms with Gasteiger partial charge in [0, 0.05) is 17.1 Å². The second kappa shape index (κ2) is 3.76. The lowest BCUT2D eigenvalue weighted by molar-refractivity contribution is 0.182. The number of nitrogens with two attached hydrogens (primary N) is 1. The van der Waals surface area contributed by atoms with Gasteiger partial charge in [-0.05, 0) is 18.2 Å². The van der Waals surface area contributed by atoms with Crippen molar-refractivity contribution >= 4 is 11.6 Å². The molecule has 0 aromatic heterocycles. The normalized spacial score (nSPS) is 12.9. The molecule has 0 spiro atoms. The molecule has 0 unspecified atom stereocenters. The lowest BCUT2D eigenvalue weighted by Gasteiger charge is -2.09. The quantitative estimate of drug-likeness (QED) is 0.648. The molecule has 1 aromatic rings. The molecule has 0 saturated carbocycles. The molecule has 0 aliphatic carbocycles. The highest BCUT2D eigenvalue weighted by Gasteiger charge is 2.10. The van der Waals surface area contributed by atoms with Crippen molar-refractivity contribution in [3.05, 3.63) is 28.8 Å². The third-order valence-electron chi connectivity index (χ3n) is 1.57. The Hall–Kier alpha value is -0.770. The number of hydrogen-bond acceptors (Lipinski definition) is 3. The van der Waals surface area contributed by atoms with Crippen LogP contribution in [0.15, 0.2) is 18.2 Å². The molecule has 0 radical (unpaired) electrons. The van der Waals surface area contributed by atoms with Gasteiger partial charge in [0.15, 0.2) is 0 Å². The largest absolute Gasteiger partial charge is 0.508 e. The lowest BCUT2D eigenvalue weighted by Crippen LogP contribution is -2.11. The van der Waals surface area contributed by atoms with Crippen molar-refractivity contribution < 1.29 is 10.2 Å². The van der Waals surface area contributed by atoms with Gasteiger partial charge in [-0.3, -0.25) is 0 Å². The van der Waals surface area contributed by atoms with Gasteiger partial charge < -0.3 is 15.9 Å². The molecule has 4 heteroatoms. The maximum Gasteiger partial charge on any atom is 0.121 e. The van der Waals surface area contributed by atoms with Gasteiger partial charge in [0.2, 0.25) is 0 Å². The Morgan fingerprint density at radius 3 is 2.75 bits per heavy atom. The number of phenolic OH excluding ortho intramolecular Hbond substituents is 1. The molecule has 1 aromatic carbocycles. The molecule has 12 heavy (non-hydrogen) atoms. The Morgan fingerprint density at radius 2 is 2.17 bits per heavy atom. The van der Waals surface area contributed by atoms with E-state index in [2.05, 4.69) is 0 Å². The number of hydrogen-bond donors (Lipinski definition) is 3. The summed E-state index contributed by atoms with van der Waals surface area (Å²) in [6.45, 7) is 0.0634. The zero-order chi connectivity index (χ0) is 9.14. The highest BCUT2D eigenvalue weighted by Crippen LogP contribution is 2.26. The van der Waals surface area contributed by atoms with Gasteiger partial charge in [-0.25, -0.2) is 0 Å². The van der Waals surface area contributed by atoms with Gasteiger partial charge in [-0.2, -0.15) is 0 Å². The first-order chi connectivity index (χ1) is 5.65. The highest BCUT2D eigenvalue weighted by molar-refractivity contribution is 6.30. The summed E-state index contributed by atoms with van der Waals surface area (Å²) in [5.74, 6) is 0.0114. The lowest BCUT2D eigenvalue weighted by atomic mass is 10.1. The minimum atomic E-state index is -0.858. The van der Waals surface area contributed by atoms with E-state index >= 15 is 0 Å². The van der Waals surface area contributed by atoms with E-state index in [1.165, 1.54) is 12.1 Å². The third kappa shape index (κ3) is 1.88. The van der Waals surface area contributed by atoms with E-state index in [4.69, 9.17) is 17.3 Å². The maximum absolute atomic E-state index is 9.29. The summed E-state index contributed by atoms with van der Waals surface area (Å²) in [6, 6.07) is 4.47. The molecule has 0 aliphatic rings. The van der Waals surface area contributed by atoms with E-state index in [9.17, 15) is 10.2 Å². The van der Waals surface area contributed by atoms with E-state index < -0.39 is 6.10 Å². The van der Waals surface area contributed by atoms with Crippen molar-refractivity contribution in [1.82, 2.24) is 0 Å². The molecule has 0 heterocycles. The first-order valence-electron chi connectivity index (χ1n) is 3.51. The molecule has 0 fully saturated rings. The summed E-state index contributed by atoms with van der Waals surface area (Å²) in [5.41, 5.74) is 5.58. The summed E-state index contributed by atoms with van der Waals surface area (Å²) in [7, 11) is 0. The smallest absolute Gasteiger partial charge is 0.121 e. The Kier molecular flexibility index (Phi) is 2.92. The SMILES string of the molecule is NC[C@H](O)c1cc(Cl)ccc1O. The number of aliphatic hydroxyl groups is 1. The van der Waals surface area contributed by atoms with Crippen molar-refractivity contribution in [1.29, 1.82) is 0 Å². The fourth-order valence-corrected chi connectivity index (χ4v) is 1.10. The minimum absolute atomic E-state index is 0.0114. The van der Waals surface area contributed by atoms with Crippen LogP contribution in [-0.4, -0.2) is 16.8 Å². The van der Waals surface area contributed by atoms with Crippen molar-refractivity contribution in [2.45, 2.75) is 6.10 Å². The van der Waals surface area contributed by atoms with Crippen molar-refractivity contribution in [2.24, 2.45) is 5.73 Å². The first kappa shape index (κ1) is 9.32. The van der Waals surface area contributed by atoms with Gasteiger partial charge in [-0.15, -0.1) is 0 Å². The highest BCUT2D eigenvalue weighted by atomic mass is 35.5. The van der Waals surface area contributed by atoms with E-state index in [0.29, 0.717) is 10.6 Å². The average Bonchev–Trinajstić information content (AvgIpc) is 2.08. The van der Waals surface area contributed by atoms with Gasteiger partial charge in [0.1, 0.15) is 5.75 Å². The topological polar surface area (TPSA) is 66.5 Å². The first-order valence-corrected chi connectivity index (χ1v) is 3.89. The van der Waals surface area contributed by atoms with Crippen molar-refractivity contribution in [3.8, 4) is 5.75 Å². The standard InChI is InChI=1S/C8H10ClNO2/c9-5-1-2-7(11)6(3-5)8(12)4-10/h1-3,8,11-12H,4,10H2/t8-/m0/s1. The van der Waals surface area contributed by atoms with Gasteiger partial charge in [0.25, 0.3) is 0 Å². The van der Waals surface area contributed by atoms with Crippen LogP contribution < -0.4 is 5.73 Å². The number of phenols is 1. The Balaban J connectivity index is 3.04. The molecule has 66 valence electrons. The zero-order valence-corrected chi connectivity index (χ0v) is 7.12. The van der Waals surface area contributed by atoms with Gasteiger partial charge >= 0.3 is 0 Å². The van der Waals surface area contributed by atoms with Crippen LogP contribution in [0.4, 0.5) is 0 Å². The van der Waals surface area contributed by atoms with Gasteiger partial charge in [0.05, 0.1) is 6.10 Å². The summed E-state index contributed by atoms with van der Waals surface area (Å²) in [4.78, 5) is 0. The summed E-state index contributed by atoms with van der Waals surface area (Å²) < 4.78 is 0. The van der Waals surface area contributed by atoms with Gasteiger partial charge in [-0.1, -0.05) is 11.6 Å². The Labute approximate surface area is 75.4 Å². The summed E-state index contributed by atoms with van der Waals surface area (Å²) in [6.07, 6.45) is -0.858. The second-order valence-corrected chi connectivity index (χ2v) is 2.89. The predicted molar refractivity (Wildman–Crippen MR) is 47.1 cm³/mol. The van der Waals surface area contributed by atoms with Crippen LogP contribution in [-0.2, 0) is 0 Å². The number of halogens is 1. The Morgan fingerprint density at radius 1 is 1.50 bits per heavy atom. The van der Waals surface area contributed by atoms with Crippen molar-refractivity contribution in [3.63, 3.8) is 0 Å². The van der Waals surface area contributed by atoms with Crippen LogP contribution in [0, 0.1) is 0 Å². The zero-order valence-electron chi connectivity index (χ0n) is 6.37. The molecule has 0 bridgehead atoms. The third-order valence-corrected chi connectivity index (χ3v) is 1.81. The molecule has 0 saturated heterocycles. The fraction of sp³-hybridized carbons (Fsp3) is 0.250. The van der Waals surface area contributed by atoms with E-state index in [0.717, 1.165) is 0 Å². The van der Waals surface area contributed by atoms with Crippen LogP contribution in [0.1, 0.15) is 11.7 Å². The maximum atomic E-state index is 9.29. The number of benzene rings is 1. The predicted octanol–water partition coefficient (Wildman–Crippen LogP) is 1.04. The van der Waals surface area contributed by atoms with E-state index in [1.54, 1.807) is 6.07 Å². The average molecular weight is 188 g/mol. The number of aliphatic hydroxyl groups excluding tert-OH is 1. The fourth-order valence-electron chi connectivity index (χ4n) is 0.919. The number of aromatic hydroxyl groups is 1. The number of rotatable bonds is 2. The molecular formula is C8H10ClNO2. The summed E-state index contributed by atoms with van der Waals surface area (Å²) in [5, 5.41) is 19.0. The van der Waals surface area contributed by atoms with Crippen LogP contribution in [0.3, 0.4) is 0 Å². The van der Waals surface area contributed by atoms with Crippen LogP contribution in [0.2, 0.25) is 5.02 Å². The minimum Gasteiger partial charge on any atom is -0.508 e.